The van der Waals surface area contributed by atoms with E-state index < -0.39 is 4.92 Å². The Labute approximate surface area is 213 Å². The number of hydrogen-bond donors (Lipinski definition) is 2. The van der Waals surface area contributed by atoms with Crippen molar-refractivity contribution in [3.63, 3.8) is 0 Å². The van der Waals surface area contributed by atoms with Crippen LogP contribution in [0.15, 0.2) is 54.6 Å². The third-order valence-electron chi connectivity index (χ3n) is 6.68. The lowest BCUT2D eigenvalue weighted by molar-refractivity contribution is -0.535. The summed E-state index contributed by atoms with van der Waals surface area (Å²) in [6.45, 7) is 7.66. The van der Waals surface area contributed by atoms with Crippen LogP contribution in [-0.2, 0) is 0 Å². The molecule has 4 aromatic rings. The number of rotatable bonds is 8. The zero-order chi connectivity index (χ0) is 25.9. The minimum Gasteiger partial charge on any atom is -0.492 e. The molecule has 1 aliphatic heterocycles. The summed E-state index contributed by atoms with van der Waals surface area (Å²) < 4.78 is 6.34. The van der Waals surface area contributed by atoms with Crippen molar-refractivity contribution in [2.45, 2.75) is 26.7 Å². The number of ether oxygens (including phenoxy) is 1. The average Bonchev–Trinajstić information content (AvgIpc) is 3.38. The molecule has 0 unspecified atom stereocenters. The lowest BCUT2D eigenvalue weighted by atomic mass is 9.95. The normalized spacial score (nSPS) is 13.7. The maximum absolute atomic E-state index is 12.9. The van der Waals surface area contributed by atoms with Crippen LogP contribution in [0.25, 0.3) is 22.2 Å². The highest BCUT2D eigenvalue weighted by Crippen LogP contribution is 2.33. The number of nitro benzene ring substituents is 1. The summed E-state index contributed by atoms with van der Waals surface area (Å²) in [4.78, 5) is 31.2. The Morgan fingerprint density at radius 3 is 2.49 bits per heavy atom. The Morgan fingerprint density at radius 1 is 1.11 bits per heavy atom. The van der Waals surface area contributed by atoms with Crippen LogP contribution in [0.3, 0.4) is 0 Å². The molecule has 3 aromatic carbocycles. The van der Waals surface area contributed by atoms with Crippen LogP contribution >= 0.6 is 0 Å². The van der Waals surface area contributed by atoms with E-state index in [1.165, 1.54) is 18.9 Å². The minimum absolute atomic E-state index is 0.00176. The number of nitrogens with one attached hydrogen (secondary N) is 2. The lowest BCUT2D eigenvalue weighted by Crippen LogP contribution is -2.25. The number of benzene rings is 3. The molecular formula is C27H29N6O4+. The number of aryl methyl sites for hydroxylation is 2. The van der Waals surface area contributed by atoms with Crippen molar-refractivity contribution < 1.29 is 14.2 Å². The first-order valence-corrected chi connectivity index (χ1v) is 12.3. The number of nitro groups is 1. The predicted molar refractivity (Wildman–Crippen MR) is 142 cm³/mol. The van der Waals surface area contributed by atoms with Gasteiger partial charge < -0.3 is 10.1 Å². The van der Waals surface area contributed by atoms with E-state index in [1.807, 2.05) is 44.2 Å². The Kier molecular flexibility index (Phi) is 6.82. The molecule has 1 aliphatic rings. The van der Waals surface area contributed by atoms with Crippen LogP contribution in [0.4, 0.5) is 17.3 Å². The van der Waals surface area contributed by atoms with E-state index >= 15 is 0 Å². The number of likely N-dealkylation sites (tertiary alicyclic amines) is 1. The van der Waals surface area contributed by atoms with E-state index in [-0.39, 0.29) is 22.7 Å². The fourth-order valence-electron chi connectivity index (χ4n) is 4.85. The predicted octanol–water partition coefficient (Wildman–Crippen LogP) is 4.89. The second-order valence-corrected chi connectivity index (χ2v) is 9.30. The van der Waals surface area contributed by atoms with Gasteiger partial charge in [0, 0.05) is 24.4 Å². The van der Waals surface area contributed by atoms with Crippen LogP contribution in [0.5, 0.6) is 5.75 Å². The van der Waals surface area contributed by atoms with Gasteiger partial charge in [-0.3, -0.25) is 15.0 Å². The Balaban J connectivity index is 1.40. The summed E-state index contributed by atoms with van der Waals surface area (Å²) in [6, 6.07) is 16.2. The molecule has 0 atom stereocenters. The average molecular weight is 502 g/mol. The molecule has 0 bridgehead atoms. The molecule has 1 fully saturated rings. The van der Waals surface area contributed by atoms with Crippen molar-refractivity contribution in [1.82, 2.24) is 15.0 Å². The minimum atomic E-state index is -0.509. The zero-order valence-corrected chi connectivity index (χ0v) is 20.9. The summed E-state index contributed by atoms with van der Waals surface area (Å²) in [7, 11) is 0. The van der Waals surface area contributed by atoms with Crippen LogP contribution < -0.4 is 14.6 Å². The molecule has 0 aliphatic carbocycles. The van der Waals surface area contributed by atoms with Crippen LogP contribution in [-0.4, -0.2) is 46.1 Å². The fraction of sp³-hybridized carbons (Fsp3) is 0.296. The molecule has 37 heavy (non-hydrogen) atoms. The van der Waals surface area contributed by atoms with Crippen molar-refractivity contribution in [3.05, 3.63) is 80.7 Å². The number of H-pyrrole nitrogens is 1. The quantitative estimate of drug-likeness (QED) is 0.200. The molecule has 0 amide bonds. The molecule has 2 N–H and O–H groups in total. The van der Waals surface area contributed by atoms with E-state index in [4.69, 9.17) is 4.74 Å². The van der Waals surface area contributed by atoms with E-state index in [0.29, 0.717) is 22.4 Å². The summed E-state index contributed by atoms with van der Waals surface area (Å²) in [5.74, 6) is 0.835. The first-order chi connectivity index (χ1) is 17.9. The van der Waals surface area contributed by atoms with Crippen LogP contribution in [0.2, 0.25) is 0 Å². The number of aromatic amines is 1. The molecule has 2 heterocycles. The summed E-state index contributed by atoms with van der Waals surface area (Å²) in [5.41, 5.74) is 3.88. The van der Waals surface area contributed by atoms with Crippen LogP contribution in [0, 0.1) is 28.9 Å². The second kappa shape index (κ2) is 10.4. The van der Waals surface area contributed by atoms with Gasteiger partial charge in [0.1, 0.15) is 12.4 Å². The van der Waals surface area contributed by atoms with E-state index in [9.17, 15) is 15.0 Å². The number of nitrogens with zero attached hydrogens (tertiary/aromatic N) is 4. The summed E-state index contributed by atoms with van der Waals surface area (Å²) >= 11 is 0. The van der Waals surface area contributed by atoms with Crippen molar-refractivity contribution >= 4 is 28.4 Å². The third-order valence-corrected chi connectivity index (χ3v) is 6.68. The van der Waals surface area contributed by atoms with Gasteiger partial charge in [0.15, 0.2) is 4.54 Å². The molecule has 1 aromatic heterocycles. The van der Waals surface area contributed by atoms with Gasteiger partial charge >= 0.3 is 11.2 Å². The molecular weight excluding hydrogens is 472 g/mol. The molecule has 190 valence electrons. The third kappa shape index (κ3) is 5.29. The highest BCUT2D eigenvalue weighted by molar-refractivity contribution is 5.89. The smallest absolute Gasteiger partial charge is 0.325 e. The van der Waals surface area contributed by atoms with Crippen molar-refractivity contribution in [3.8, 4) is 16.9 Å². The molecule has 0 saturated carbocycles. The molecule has 0 radical (unpaired) electrons. The Bertz CT molecular complexity index is 1490. The Morgan fingerprint density at radius 2 is 1.81 bits per heavy atom. The highest BCUT2D eigenvalue weighted by Gasteiger charge is 2.25. The van der Waals surface area contributed by atoms with Gasteiger partial charge in [0.2, 0.25) is 5.52 Å². The van der Waals surface area contributed by atoms with E-state index in [2.05, 4.69) is 20.3 Å². The van der Waals surface area contributed by atoms with Gasteiger partial charge in [-0.2, -0.15) is 4.98 Å². The molecule has 1 saturated heterocycles. The number of hydrogen-bond acceptors (Lipinski definition) is 7. The number of fused-ring (bicyclic) bond motifs is 1. The topological polar surface area (TPSA) is 119 Å². The number of aromatic nitrogens is 3. The van der Waals surface area contributed by atoms with Gasteiger partial charge in [0.05, 0.1) is 9.83 Å². The second-order valence-electron chi connectivity index (χ2n) is 9.30. The first kappa shape index (κ1) is 24.4. The van der Waals surface area contributed by atoms with Gasteiger partial charge in [-0.15, -0.1) is 0 Å². The van der Waals surface area contributed by atoms with E-state index in [1.54, 1.807) is 18.2 Å². The van der Waals surface area contributed by atoms with Gasteiger partial charge in [-0.05, 0) is 86.3 Å². The fourth-order valence-corrected chi connectivity index (χ4v) is 4.85. The monoisotopic (exact) mass is 501 g/mol. The number of non-ortho nitro benzene ring substituents is 1. The Hall–Kier alpha value is -4.31. The molecule has 10 nitrogen and oxygen atoms in total. The number of anilines is 2. The summed E-state index contributed by atoms with van der Waals surface area (Å²) in [5, 5.41) is 17.6. The van der Waals surface area contributed by atoms with Gasteiger partial charge in [-0.25, -0.2) is 0 Å². The van der Waals surface area contributed by atoms with E-state index in [0.717, 1.165) is 42.1 Å². The molecule has 0 spiro atoms. The standard InChI is InChI=1S/C27H29N6O4/c1-18-6-5-7-19(2)25(18)20-16-23-26(24(17-20)33(35)36)29-27(30-32(23)34)28-21-8-10-22(11-9-21)37-15-14-31-12-3-4-13-31/h5-11,16-17H,3-4,12-15H2,1-2H3,(H2,28,29,30,34)/q+1. The SMILES string of the molecule is Cc1cccc(C)c1-c1cc([N+](=O)[O-])c2nc(Nc3ccc(OCCN4CCCC4)cc3)[nH][n+](=O)c2c1. The highest BCUT2D eigenvalue weighted by atomic mass is 16.6. The van der Waals surface area contributed by atoms with Crippen LogP contribution in [0.1, 0.15) is 24.0 Å². The maximum atomic E-state index is 12.9. The van der Waals surface area contributed by atoms with Crippen molar-refractivity contribution in [2.24, 2.45) is 0 Å². The van der Waals surface area contributed by atoms with Gasteiger partial charge in [0.25, 0.3) is 5.95 Å². The molecule has 5 rings (SSSR count). The first-order valence-electron chi connectivity index (χ1n) is 12.3. The zero-order valence-electron chi connectivity index (χ0n) is 20.9. The van der Waals surface area contributed by atoms with Gasteiger partial charge in [-0.1, -0.05) is 23.3 Å². The summed E-state index contributed by atoms with van der Waals surface area (Å²) in [6.07, 6.45) is 2.50. The van der Waals surface area contributed by atoms with Crippen molar-refractivity contribution in [2.75, 3.05) is 31.6 Å². The lowest BCUT2D eigenvalue weighted by Gasteiger charge is -2.15. The van der Waals surface area contributed by atoms with Crippen molar-refractivity contribution in [1.29, 1.82) is 0 Å². The largest absolute Gasteiger partial charge is 0.492 e. The maximum Gasteiger partial charge on any atom is 0.325 e. The molecule has 10 heteroatoms.